The largest absolute Gasteiger partial charge is 0.450 e. The Morgan fingerprint density at radius 1 is 0.976 bits per heavy atom. The Balaban J connectivity index is 1.58. The lowest BCUT2D eigenvalue weighted by atomic mass is 10.1. The molecule has 41 heavy (non-hydrogen) atoms. The molecule has 1 heterocycles. The summed E-state index contributed by atoms with van der Waals surface area (Å²) in [6.07, 6.45) is 1.55. The zero-order valence-corrected chi connectivity index (χ0v) is 22.7. The van der Waals surface area contributed by atoms with Gasteiger partial charge in [-0.05, 0) is 92.9 Å². The fraction of sp³-hybridized carbons (Fsp3) is 0.133. The second-order valence-corrected chi connectivity index (χ2v) is 9.30. The van der Waals surface area contributed by atoms with E-state index in [4.69, 9.17) is 4.74 Å². The van der Waals surface area contributed by atoms with Gasteiger partial charge in [-0.3, -0.25) is 25.0 Å². The van der Waals surface area contributed by atoms with Crippen LogP contribution in [-0.2, 0) is 4.79 Å². The first kappa shape index (κ1) is 28.3. The topological polar surface area (TPSA) is 153 Å². The van der Waals surface area contributed by atoms with Crippen molar-refractivity contribution in [2.24, 2.45) is 0 Å². The van der Waals surface area contributed by atoms with Crippen molar-refractivity contribution >= 4 is 29.0 Å². The first-order chi connectivity index (χ1) is 19.5. The molecule has 0 aliphatic rings. The number of nitro groups is 2. The molecule has 0 saturated heterocycles. The summed E-state index contributed by atoms with van der Waals surface area (Å²) in [6.45, 7) is 7.59. The van der Waals surface area contributed by atoms with Crippen LogP contribution in [0, 0.1) is 59.3 Å². The van der Waals surface area contributed by atoms with Crippen LogP contribution < -0.4 is 10.1 Å². The third-order valence-electron chi connectivity index (χ3n) is 6.66. The standard InChI is InChI=1S/C30H25N5O6/c1-18-6-5-7-27(20(18)3)32-30(36)23(17-31)15-22-14-19(2)33(21(22)4)24-8-11-26(12-9-24)41-29-13-10-25(34(37)38)16-28(29)35(39)40/h5-16H,1-4H3,(H,32,36)/b23-15-. The van der Waals surface area contributed by atoms with E-state index in [1.807, 2.05) is 56.5 Å². The van der Waals surface area contributed by atoms with Gasteiger partial charge in [-0.15, -0.1) is 0 Å². The molecule has 11 nitrogen and oxygen atoms in total. The highest BCUT2D eigenvalue weighted by atomic mass is 16.6. The van der Waals surface area contributed by atoms with Crippen LogP contribution >= 0.6 is 0 Å². The van der Waals surface area contributed by atoms with Crippen LogP contribution in [-0.4, -0.2) is 20.3 Å². The van der Waals surface area contributed by atoms with Crippen molar-refractivity contribution in [3.8, 4) is 23.3 Å². The Morgan fingerprint density at radius 2 is 1.68 bits per heavy atom. The summed E-state index contributed by atoms with van der Waals surface area (Å²) >= 11 is 0. The molecule has 0 unspecified atom stereocenters. The first-order valence-corrected chi connectivity index (χ1v) is 12.4. The van der Waals surface area contributed by atoms with Gasteiger partial charge in [0, 0.05) is 28.8 Å². The summed E-state index contributed by atoms with van der Waals surface area (Å²) in [7, 11) is 0. The second kappa shape index (κ2) is 11.5. The monoisotopic (exact) mass is 551 g/mol. The number of aryl methyl sites for hydroxylation is 2. The molecule has 0 radical (unpaired) electrons. The van der Waals surface area contributed by atoms with Gasteiger partial charge in [0.05, 0.1) is 15.9 Å². The van der Waals surface area contributed by atoms with Crippen LogP contribution in [0.2, 0.25) is 0 Å². The highest BCUT2D eigenvalue weighted by molar-refractivity contribution is 6.10. The van der Waals surface area contributed by atoms with E-state index >= 15 is 0 Å². The Hall–Kier alpha value is -5.76. The molecule has 4 rings (SSSR count). The molecule has 11 heteroatoms. The Bertz CT molecular complexity index is 1760. The molecule has 0 atom stereocenters. The Labute approximate surface area is 235 Å². The number of nitrogens with one attached hydrogen (secondary N) is 1. The van der Waals surface area contributed by atoms with Gasteiger partial charge in [-0.1, -0.05) is 12.1 Å². The fourth-order valence-corrected chi connectivity index (χ4v) is 4.35. The van der Waals surface area contributed by atoms with E-state index < -0.39 is 27.1 Å². The minimum absolute atomic E-state index is 0.0420. The number of aromatic nitrogens is 1. The van der Waals surface area contributed by atoms with Crippen LogP contribution in [0.4, 0.5) is 17.1 Å². The van der Waals surface area contributed by atoms with Gasteiger partial charge in [0.15, 0.2) is 0 Å². The third kappa shape index (κ3) is 5.97. The number of rotatable bonds is 8. The van der Waals surface area contributed by atoms with Gasteiger partial charge in [0.1, 0.15) is 17.4 Å². The van der Waals surface area contributed by atoms with E-state index in [2.05, 4.69) is 5.32 Å². The van der Waals surface area contributed by atoms with Crippen molar-refractivity contribution in [2.75, 3.05) is 5.32 Å². The summed E-state index contributed by atoms with van der Waals surface area (Å²) < 4.78 is 7.59. The van der Waals surface area contributed by atoms with Gasteiger partial charge in [0.2, 0.25) is 5.75 Å². The van der Waals surface area contributed by atoms with Crippen molar-refractivity contribution in [1.82, 2.24) is 4.57 Å². The van der Waals surface area contributed by atoms with Gasteiger partial charge in [0.25, 0.3) is 11.6 Å². The smallest absolute Gasteiger partial charge is 0.318 e. The number of non-ortho nitro benzene ring substituents is 1. The molecule has 0 fully saturated rings. The summed E-state index contributed by atoms with van der Waals surface area (Å²) in [4.78, 5) is 33.8. The van der Waals surface area contributed by atoms with Crippen LogP contribution in [0.25, 0.3) is 11.8 Å². The normalized spacial score (nSPS) is 11.0. The number of nitro benzene ring substituents is 2. The number of benzene rings is 3. The zero-order valence-electron chi connectivity index (χ0n) is 22.7. The average Bonchev–Trinajstić information content (AvgIpc) is 3.22. The van der Waals surface area contributed by atoms with E-state index in [0.29, 0.717) is 17.0 Å². The van der Waals surface area contributed by atoms with Gasteiger partial charge >= 0.3 is 5.69 Å². The first-order valence-electron chi connectivity index (χ1n) is 12.4. The van der Waals surface area contributed by atoms with Crippen LogP contribution in [0.5, 0.6) is 11.5 Å². The maximum Gasteiger partial charge on any atom is 0.318 e. The van der Waals surface area contributed by atoms with Crippen LogP contribution in [0.15, 0.2) is 72.3 Å². The minimum Gasteiger partial charge on any atom is -0.450 e. The summed E-state index contributed by atoms with van der Waals surface area (Å²) in [5, 5.41) is 34.9. The summed E-state index contributed by atoms with van der Waals surface area (Å²) in [5.41, 5.74) is 4.69. The highest BCUT2D eigenvalue weighted by Crippen LogP contribution is 2.35. The average molecular weight is 552 g/mol. The maximum absolute atomic E-state index is 12.9. The molecule has 1 amide bonds. The number of nitriles is 1. The molecule has 0 bridgehead atoms. The number of carbonyl (C=O) groups excluding carboxylic acids is 1. The Kier molecular flexibility index (Phi) is 7.96. The number of hydrogen-bond acceptors (Lipinski definition) is 7. The molecule has 0 aliphatic carbocycles. The quantitative estimate of drug-likeness (QED) is 0.108. The number of anilines is 1. The van der Waals surface area contributed by atoms with E-state index in [1.54, 1.807) is 36.4 Å². The lowest BCUT2D eigenvalue weighted by Crippen LogP contribution is -2.14. The molecule has 206 valence electrons. The zero-order chi connectivity index (χ0) is 29.8. The number of amides is 1. The van der Waals surface area contributed by atoms with Crippen LogP contribution in [0.1, 0.15) is 28.1 Å². The summed E-state index contributed by atoms with van der Waals surface area (Å²) in [5.74, 6) is -0.340. The minimum atomic E-state index is -0.740. The molecule has 0 aliphatic heterocycles. The van der Waals surface area contributed by atoms with Crippen molar-refractivity contribution in [3.63, 3.8) is 0 Å². The number of hydrogen-bond donors (Lipinski definition) is 1. The predicted molar refractivity (Wildman–Crippen MR) is 153 cm³/mol. The summed E-state index contributed by atoms with van der Waals surface area (Å²) in [6, 6.07) is 19.3. The van der Waals surface area contributed by atoms with Gasteiger partial charge < -0.3 is 14.6 Å². The van der Waals surface area contributed by atoms with E-state index in [1.165, 1.54) is 6.07 Å². The van der Waals surface area contributed by atoms with Crippen LogP contribution in [0.3, 0.4) is 0 Å². The molecular formula is C30H25N5O6. The van der Waals surface area contributed by atoms with Crippen molar-refractivity contribution in [1.29, 1.82) is 5.26 Å². The lowest BCUT2D eigenvalue weighted by molar-refractivity contribution is -0.394. The lowest BCUT2D eigenvalue weighted by Gasteiger charge is -2.12. The predicted octanol–water partition coefficient (Wildman–Crippen LogP) is 6.87. The SMILES string of the molecule is Cc1cccc(NC(=O)/C(C#N)=C\c2cc(C)n(-c3ccc(Oc4ccc([N+](=O)[O-])cc4[N+](=O)[O-])cc3)c2C)c1C. The molecule has 0 spiro atoms. The molecule has 1 aromatic heterocycles. The number of ether oxygens (including phenoxy) is 1. The molecule has 4 aromatic rings. The third-order valence-corrected chi connectivity index (χ3v) is 6.66. The van der Waals surface area contributed by atoms with E-state index in [-0.39, 0.29) is 11.3 Å². The number of nitrogens with zero attached hydrogens (tertiary/aromatic N) is 4. The number of carbonyl (C=O) groups is 1. The van der Waals surface area contributed by atoms with Gasteiger partial charge in [-0.25, -0.2) is 0 Å². The van der Waals surface area contributed by atoms with E-state index in [9.17, 15) is 30.3 Å². The Morgan fingerprint density at radius 3 is 2.32 bits per heavy atom. The van der Waals surface area contributed by atoms with E-state index in [0.717, 1.165) is 40.3 Å². The van der Waals surface area contributed by atoms with Gasteiger partial charge in [-0.2, -0.15) is 5.26 Å². The molecular weight excluding hydrogens is 526 g/mol. The molecule has 1 N–H and O–H groups in total. The van der Waals surface area contributed by atoms with Crippen molar-refractivity contribution in [2.45, 2.75) is 27.7 Å². The van der Waals surface area contributed by atoms with Crippen molar-refractivity contribution in [3.05, 3.63) is 121 Å². The molecule has 3 aromatic carbocycles. The van der Waals surface area contributed by atoms with Crippen molar-refractivity contribution < 1.29 is 19.4 Å². The molecule has 0 saturated carbocycles. The fourth-order valence-electron chi connectivity index (χ4n) is 4.35. The maximum atomic E-state index is 12.9. The second-order valence-electron chi connectivity index (χ2n) is 9.30. The highest BCUT2D eigenvalue weighted by Gasteiger charge is 2.21.